The zero-order valence-electron chi connectivity index (χ0n) is 20.8. The van der Waals surface area contributed by atoms with Gasteiger partial charge in [-0.1, -0.05) is 0 Å². The molecular weight excluding hydrogens is 529 g/mol. The number of halogens is 3. The Balaban J connectivity index is 1.68. The summed E-state index contributed by atoms with van der Waals surface area (Å²) in [5.41, 5.74) is 6.20. The molecule has 0 aliphatic carbocycles. The standard InChI is InChI=1S/C21H27F3N10O3S/c1-13-11-37-8-7-33(13)17-15-18(30-16(29-17)14-9-26-19(25)27-10-14)34(12-21(22,23)24)20(28-15)31-3-5-32(6-4-31)38(2,35)36/h9-10,13H,3-8,11-12H2,1-2H3,(H2,25,26,27)/t13-/m0/s1. The van der Waals surface area contributed by atoms with Crippen molar-refractivity contribution >= 4 is 38.9 Å². The van der Waals surface area contributed by atoms with E-state index in [-0.39, 0.29) is 61.1 Å². The number of alkyl halides is 3. The molecule has 206 valence electrons. The largest absolute Gasteiger partial charge is 0.406 e. The molecule has 0 unspecified atom stereocenters. The summed E-state index contributed by atoms with van der Waals surface area (Å²) >= 11 is 0. The van der Waals surface area contributed by atoms with Crippen molar-refractivity contribution in [2.24, 2.45) is 0 Å². The molecule has 38 heavy (non-hydrogen) atoms. The third-order valence-electron chi connectivity index (χ3n) is 6.45. The van der Waals surface area contributed by atoms with E-state index in [1.54, 1.807) is 4.90 Å². The maximum atomic E-state index is 13.8. The Labute approximate surface area is 216 Å². The minimum absolute atomic E-state index is 0.00150. The number of sulfonamides is 1. The molecule has 0 radical (unpaired) electrons. The van der Waals surface area contributed by atoms with E-state index in [1.165, 1.54) is 16.7 Å². The van der Waals surface area contributed by atoms with Crippen LogP contribution in [0, 0.1) is 0 Å². The van der Waals surface area contributed by atoms with E-state index in [2.05, 4.69) is 19.9 Å². The maximum absolute atomic E-state index is 13.8. The fraction of sp³-hybridized carbons (Fsp3) is 0.571. The van der Waals surface area contributed by atoms with Crippen molar-refractivity contribution in [3.05, 3.63) is 12.4 Å². The molecule has 0 saturated carbocycles. The van der Waals surface area contributed by atoms with Gasteiger partial charge in [0.25, 0.3) is 0 Å². The number of fused-ring (bicyclic) bond motifs is 1. The summed E-state index contributed by atoms with van der Waals surface area (Å²) in [6.07, 6.45) is -0.647. The highest BCUT2D eigenvalue weighted by molar-refractivity contribution is 7.88. The van der Waals surface area contributed by atoms with Gasteiger partial charge in [0.05, 0.1) is 31.1 Å². The SMILES string of the molecule is C[C@H]1COCCN1c1nc(-c2cnc(N)nc2)nc2c1nc(N1CCN(S(C)(=O)=O)CC1)n2CC(F)(F)F. The van der Waals surface area contributed by atoms with Crippen LogP contribution in [0.1, 0.15) is 6.92 Å². The second-order valence-electron chi connectivity index (χ2n) is 9.25. The predicted molar refractivity (Wildman–Crippen MR) is 133 cm³/mol. The number of morpholine rings is 1. The summed E-state index contributed by atoms with van der Waals surface area (Å²) in [4.78, 5) is 25.3. The van der Waals surface area contributed by atoms with Crippen LogP contribution in [0.25, 0.3) is 22.6 Å². The average Bonchev–Trinajstić information content (AvgIpc) is 3.21. The molecule has 0 bridgehead atoms. The van der Waals surface area contributed by atoms with Crippen molar-refractivity contribution in [1.82, 2.24) is 33.8 Å². The molecular formula is C21H27F3N10O3S. The molecule has 0 aromatic carbocycles. The Hall–Kier alpha value is -3.31. The first-order chi connectivity index (χ1) is 17.9. The maximum Gasteiger partial charge on any atom is 0.406 e. The molecule has 17 heteroatoms. The van der Waals surface area contributed by atoms with Crippen molar-refractivity contribution < 1.29 is 26.3 Å². The molecule has 2 N–H and O–H groups in total. The van der Waals surface area contributed by atoms with Crippen LogP contribution < -0.4 is 15.5 Å². The minimum atomic E-state index is -4.57. The fourth-order valence-corrected chi connectivity index (χ4v) is 5.41. The first-order valence-electron chi connectivity index (χ1n) is 11.9. The van der Waals surface area contributed by atoms with Crippen LogP contribution in [-0.2, 0) is 21.3 Å². The van der Waals surface area contributed by atoms with Crippen molar-refractivity contribution in [2.75, 3.05) is 67.7 Å². The van der Waals surface area contributed by atoms with Crippen LogP contribution in [0.5, 0.6) is 0 Å². The quantitative estimate of drug-likeness (QED) is 0.474. The van der Waals surface area contributed by atoms with E-state index in [0.29, 0.717) is 31.1 Å². The third-order valence-corrected chi connectivity index (χ3v) is 7.76. The van der Waals surface area contributed by atoms with E-state index in [0.717, 1.165) is 10.8 Å². The molecule has 0 spiro atoms. The molecule has 1 atom stereocenters. The van der Waals surface area contributed by atoms with Crippen molar-refractivity contribution in [3.8, 4) is 11.4 Å². The molecule has 2 aliphatic rings. The number of hydrogen-bond acceptors (Lipinski definition) is 11. The zero-order chi connectivity index (χ0) is 27.2. The Morgan fingerprint density at radius 1 is 1.08 bits per heavy atom. The lowest BCUT2D eigenvalue weighted by Crippen LogP contribution is -2.49. The Morgan fingerprint density at radius 2 is 1.76 bits per heavy atom. The number of nitrogens with two attached hydrogens (primary N) is 1. The molecule has 13 nitrogen and oxygen atoms in total. The number of ether oxygens (including phenoxy) is 1. The summed E-state index contributed by atoms with van der Waals surface area (Å²) in [6.45, 7) is 2.47. The molecule has 2 saturated heterocycles. The number of nitrogen functional groups attached to an aromatic ring is 1. The molecule has 2 fully saturated rings. The van der Waals surface area contributed by atoms with Gasteiger partial charge in [0.2, 0.25) is 21.9 Å². The van der Waals surface area contributed by atoms with Crippen molar-refractivity contribution in [3.63, 3.8) is 0 Å². The molecule has 2 aliphatic heterocycles. The zero-order valence-corrected chi connectivity index (χ0v) is 21.6. The predicted octanol–water partition coefficient (Wildman–Crippen LogP) is 0.734. The number of aromatic nitrogens is 6. The topological polar surface area (TPSA) is 148 Å². The van der Waals surface area contributed by atoms with E-state index in [4.69, 9.17) is 15.5 Å². The lowest BCUT2D eigenvalue weighted by atomic mass is 10.2. The van der Waals surface area contributed by atoms with Crippen LogP contribution in [-0.4, -0.2) is 107 Å². The van der Waals surface area contributed by atoms with Crippen LogP contribution in [0.2, 0.25) is 0 Å². The van der Waals surface area contributed by atoms with Gasteiger partial charge in [0, 0.05) is 45.1 Å². The number of piperazine rings is 1. The van der Waals surface area contributed by atoms with Crippen LogP contribution >= 0.6 is 0 Å². The first kappa shape index (κ1) is 26.3. The second-order valence-corrected chi connectivity index (χ2v) is 11.2. The Morgan fingerprint density at radius 3 is 2.37 bits per heavy atom. The first-order valence-corrected chi connectivity index (χ1v) is 13.7. The van der Waals surface area contributed by atoms with Crippen LogP contribution in [0.3, 0.4) is 0 Å². The van der Waals surface area contributed by atoms with Gasteiger partial charge in [-0.05, 0) is 6.92 Å². The monoisotopic (exact) mass is 556 g/mol. The Kier molecular flexibility index (Phi) is 6.77. The van der Waals surface area contributed by atoms with Crippen molar-refractivity contribution in [2.45, 2.75) is 25.7 Å². The van der Waals surface area contributed by atoms with Gasteiger partial charge >= 0.3 is 6.18 Å². The number of hydrogen-bond donors (Lipinski definition) is 1. The number of nitrogens with zero attached hydrogens (tertiary/aromatic N) is 9. The highest BCUT2D eigenvalue weighted by Crippen LogP contribution is 2.34. The lowest BCUT2D eigenvalue weighted by molar-refractivity contribution is -0.139. The minimum Gasteiger partial charge on any atom is -0.377 e. The van der Waals surface area contributed by atoms with Gasteiger partial charge in [-0.15, -0.1) is 0 Å². The highest BCUT2D eigenvalue weighted by atomic mass is 32.2. The third kappa shape index (κ3) is 5.30. The van der Waals surface area contributed by atoms with Gasteiger partial charge in [-0.2, -0.15) is 17.5 Å². The number of anilines is 3. The molecule has 5 rings (SSSR count). The molecule has 3 aromatic rings. The Bertz CT molecular complexity index is 1420. The van der Waals surface area contributed by atoms with E-state index in [1.807, 2.05) is 11.8 Å². The molecule has 3 aromatic heterocycles. The van der Waals surface area contributed by atoms with Gasteiger partial charge < -0.3 is 20.3 Å². The van der Waals surface area contributed by atoms with Crippen LogP contribution in [0.15, 0.2) is 12.4 Å². The number of rotatable bonds is 5. The normalized spacial score (nSPS) is 19.9. The van der Waals surface area contributed by atoms with E-state index >= 15 is 0 Å². The van der Waals surface area contributed by atoms with Gasteiger partial charge in [0.1, 0.15) is 6.54 Å². The van der Waals surface area contributed by atoms with Gasteiger partial charge in [-0.25, -0.2) is 33.3 Å². The summed E-state index contributed by atoms with van der Waals surface area (Å²) in [6, 6.07) is -0.119. The fourth-order valence-electron chi connectivity index (χ4n) is 4.59. The molecule has 5 heterocycles. The van der Waals surface area contributed by atoms with Gasteiger partial charge in [0.15, 0.2) is 22.8 Å². The summed E-state index contributed by atoms with van der Waals surface area (Å²) in [7, 11) is -3.42. The van der Waals surface area contributed by atoms with Gasteiger partial charge in [-0.3, -0.25) is 4.57 Å². The summed E-state index contributed by atoms with van der Waals surface area (Å²) in [5, 5.41) is 0. The highest BCUT2D eigenvalue weighted by Gasteiger charge is 2.35. The van der Waals surface area contributed by atoms with Crippen LogP contribution in [0.4, 0.5) is 30.9 Å². The second kappa shape index (κ2) is 9.77. The smallest absolute Gasteiger partial charge is 0.377 e. The lowest BCUT2D eigenvalue weighted by Gasteiger charge is -2.34. The molecule has 0 amide bonds. The summed E-state index contributed by atoms with van der Waals surface area (Å²) in [5.74, 6) is 0.583. The summed E-state index contributed by atoms with van der Waals surface area (Å²) < 4.78 is 73.3. The average molecular weight is 557 g/mol. The van der Waals surface area contributed by atoms with Crippen molar-refractivity contribution in [1.29, 1.82) is 0 Å². The van der Waals surface area contributed by atoms with E-state index < -0.39 is 22.7 Å². The van der Waals surface area contributed by atoms with E-state index in [9.17, 15) is 21.6 Å². The number of imidazole rings is 1.